The number of hydrogen-bond acceptors (Lipinski definition) is 3. The van der Waals surface area contributed by atoms with Crippen LogP contribution >= 0.6 is 0 Å². The van der Waals surface area contributed by atoms with Crippen molar-refractivity contribution in [3.63, 3.8) is 0 Å². The summed E-state index contributed by atoms with van der Waals surface area (Å²) in [6.07, 6.45) is 8.62. The maximum atomic E-state index is 11.5. The van der Waals surface area contributed by atoms with Gasteiger partial charge in [0.05, 0.1) is 11.4 Å². The lowest BCUT2D eigenvalue weighted by molar-refractivity contribution is 0.139. The van der Waals surface area contributed by atoms with Crippen molar-refractivity contribution in [2.75, 3.05) is 6.26 Å². The predicted octanol–water partition coefficient (Wildman–Crippen LogP) is 2.53. The van der Waals surface area contributed by atoms with E-state index in [4.69, 9.17) is 0 Å². The molecule has 1 N–H and O–H groups in total. The molecule has 0 amide bonds. The zero-order valence-corrected chi connectivity index (χ0v) is 11.9. The number of aliphatic hydroxyl groups is 1. The predicted molar refractivity (Wildman–Crippen MR) is 70.7 cm³/mol. The third kappa shape index (κ3) is 5.38. The van der Waals surface area contributed by atoms with Gasteiger partial charge >= 0.3 is 0 Å². The maximum absolute atomic E-state index is 11.5. The van der Waals surface area contributed by atoms with Crippen LogP contribution in [-0.2, 0) is 9.84 Å². The minimum Gasteiger partial charge on any atom is -0.393 e. The molecule has 0 aromatic heterocycles. The standard InChI is InChI=1S/C13H26O3S/c1-3-5-12(14)9-8-11-6-4-7-13(10-11)17(2,15)16/h11-14H,3-10H2,1-2H3. The van der Waals surface area contributed by atoms with Crippen LogP contribution in [0.3, 0.4) is 0 Å². The highest BCUT2D eigenvalue weighted by atomic mass is 32.2. The highest BCUT2D eigenvalue weighted by molar-refractivity contribution is 7.91. The molecule has 102 valence electrons. The largest absolute Gasteiger partial charge is 0.393 e. The van der Waals surface area contributed by atoms with Gasteiger partial charge in [-0.15, -0.1) is 0 Å². The van der Waals surface area contributed by atoms with E-state index in [1.54, 1.807) is 0 Å². The fourth-order valence-electron chi connectivity index (χ4n) is 2.80. The first-order valence-corrected chi connectivity index (χ1v) is 8.75. The molecule has 3 nitrogen and oxygen atoms in total. The Morgan fingerprint density at radius 3 is 2.59 bits per heavy atom. The SMILES string of the molecule is CCCC(O)CCC1CCCC(S(C)(=O)=O)C1. The van der Waals surface area contributed by atoms with Crippen molar-refractivity contribution >= 4 is 9.84 Å². The molecule has 4 heteroatoms. The molecule has 3 unspecified atom stereocenters. The molecule has 1 saturated carbocycles. The lowest BCUT2D eigenvalue weighted by Crippen LogP contribution is -2.27. The summed E-state index contributed by atoms with van der Waals surface area (Å²) in [5, 5.41) is 9.55. The Kier molecular flexibility index (Phi) is 5.93. The summed E-state index contributed by atoms with van der Waals surface area (Å²) >= 11 is 0. The van der Waals surface area contributed by atoms with Crippen LogP contribution in [0.1, 0.15) is 58.3 Å². The molecule has 0 radical (unpaired) electrons. The van der Waals surface area contributed by atoms with Gasteiger partial charge < -0.3 is 5.11 Å². The Bertz CT molecular complexity index is 311. The molecule has 0 aliphatic heterocycles. The van der Waals surface area contributed by atoms with Crippen molar-refractivity contribution in [3.05, 3.63) is 0 Å². The maximum Gasteiger partial charge on any atom is 0.150 e. The summed E-state index contributed by atoms with van der Waals surface area (Å²) < 4.78 is 23.0. The average Bonchev–Trinajstić information content (AvgIpc) is 2.26. The molecule has 1 aliphatic carbocycles. The Morgan fingerprint density at radius 1 is 1.29 bits per heavy atom. The van der Waals surface area contributed by atoms with E-state index < -0.39 is 9.84 Å². The lowest BCUT2D eigenvalue weighted by Gasteiger charge is -2.28. The summed E-state index contributed by atoms with van der Waals surface area (Å²) in [5.74, 6) is 0.495. The molecule has 1 rings (SSSR count). The highest BCUT2D eigenvalue weighted by Gasteiger charge is 2.28. The Hall–Kier alpha value is -0.0900. The van der Waals surface area contributed by atoms with Gasteiger partial charge in [0.25, 0.3) is 0 Å². The van der Waals surface area contributed by atoms with Crippen molar-refractivity contribution in [1.82, 2.24) is 0 Å². The first kappa shape index (κ1) is 15.0. The smallest absolute Gasteiger partial charge is 0.150 e. The number of sulfone groups is 1. The zero-order valence-electron chi connectivity index (χ0n) is 11.1. The third-order valence-electron chi connectivity index (χ3n) is 3.87. The molecule has 1 fully saturated rings. The molecule has 17 heavy (non-hydrogen) atoms. The number of rotatable bonds is 6. The van der Waals surface area contributed by atoms with Gasteiger partial charge in [0.1, 0.15) is 9.84 Å². The molecule has 0 aromatic carbocycles. The van der Waals surface area contributed by atoms with Crippen molar-refractivity contribution < 1.29 is 13.5 Å². The first-order chi connectivity index (χ1) is 7.93. The molecule has 0 saturated heterocycles. The normalized spacial score (nSPS) is 27.9. The van der Waals surface area contributed by atoms with Crippen LogP contribution in [0, 0.1) is 5.92 Å². The molecule has 0 heterocycles. The van der Waals surface area contributed by atoms with Gasteiger partial charge in [0.15, 0.2) is 0 Å². The van der Waals surface area contributed by atoms with Gasteiger partial charge in [-0.2, -0.15) is 0 Å². The van der Waals surface area contributed by atoms with E-state index in [0.29, 0.717) is 5.92 Å². The van der Waals surface area contributed by atoms with Gasteiger partial charge in [-0.05, 0) is 38.0 Å². The third-order valence-corrected chi connectivity index (χ3v) is 5.51. The minimum absolute atomic E-state index is 0.135. The topological polar surface area (TPSA) is 54.4 Å². The van der Waals surface area contributed by atoms with E-state index in [1.807, 2.05) is 0 Å². The highest BCUT2D eigenvalue weighted by Crippen LogP contribution is 2.31. The van der Waals surface area contributed by atoms with Crippen molar-refractivity contribution in [2.24, 2.45) is 5.92 Å². The van der Waals surface area contributed by atoms with E-state index in [0.717, 1.165) is 51.4 Å². The van der Waals surface area contributed by atoms with Gasteiger partial charge in [-0.25, -0.2) is 8.42 Å². The van der Waals surface area contributed by atoms with Crippen LogP contribution in [-0.4, -0.2) is 31.1 Å². The quantitative estimate of drug-likeness (QED) is 0.800. The Morgan fingerprint density at radius 2 is 2.00 bits per heavy atom. The fourth-order valence-corrected chi connectivity index (χ4v) is 4.01. The van der Waals surface area contributed by atoms with Crippen molar-refractivity contribution in [3.8, 4) is 0 Å². The average molecular weight is 262 g/mol. The van der Waals surface area contributed by atoms with E-state index in [-0.39, 0.29) is 11.4 Å². The molecular weight excluding hydrogens is 236 g/mol. The van der Waals surface area contributed by atoms with Gasteiger partial charge in [-0.3, -0.25) is 0 Å². The molecule has 0 bridgehead atoms. The van der Waals surface area contributed by atoms with E-state index in [9.17, 15) is 13.5 Å². The molecule has 3 atom stereocenters. The molecule has 0 spiro atoms. The van der Waals surface area contributed by atoms with E-state index >= 15 is 0 Å². The Balaban J connectivity index is 2.35. The van der Waals surface area contributed by atoms with Gasteiger partial charge in [-0.1, -0.05) is 26.2 Å². The van der Waals surface area contributed by atoms with Crippen LogP contribution in [0.5, 0.6) is 0 Å². The van der Waals surface area contributed by atoms with Gasteiger partial charge in [0.2, 0.25) is 0 Å². The monoisotopic (exact) mass is 262 g/mol. The van der Waals surface area contributed by atoms with Crippen molar-refractivity contribution in [1.29, 1.82) is 0 Å². The molecular formula is C13H26O3S. The van der Waals surface area contributed by atoms with Crippen LogP contribution in [0.4, 0.5) is 0 Å². The van der Waals surface area contributed by atoms with Crippen LogP contribution < -0.4 is 0 Å². The number of aliphatic hydroxyl groups excluding tert-OH is 1. The summed E-state index contributed by atoms with van der Waals surface area (Å²) in [6.45, 7) is 2.07. The number of hydrogen-bond donors (Lipinski definition) is 1. The fraction of sp³-hybridized carbons (Fsp3) is 1.00. The second kappa shape index (κ2) is 6.74. The summed E-state index contributed by atoms with van der Waals surface area (Å²) in [7, 11) is -2.87. The summed E-state index contributed by atoms with van der Waals surface area (Å²) in [4.78, 5) is 0. The Labute approximate surface area is 106 Å². The van der Waals surface area contributed by atoms with Crippen LogP contribution in [0.2, 0.25) is 0 Å². The van der Waals surface area contributed by atoms with Crippen molar-refractivity contribution in [2.45, 2.75) is 69.6 Å². The first-order valence-electron chi connectivity index (χ1n) is 6.80. The molecule has 1 aliphatic rings. The minimum atomic E-state index is -2.87. The van der Waals surface area contributed by atoms with Crippen LogP contribution in [0.15, 0.2) is 0 Å². The summed E-state index contributed by atoms with van der Waals surface area (Å²) in [6, 6.07) is 0. The second-order valence-corrected chi connectivity index (χ2v) is 7.83. The van der Waals surface area contributed by atoms with Crippen LogP contribution in [0.25, 0.3) is 0 Å². The lowest BCUT2D eigenvalue weighted by atomic mass is 9.85. The van der Waals surface area contributed by atoms with E-state index in [1.165, 1.54) is 6.26 Å². The molecule has 0 aromatic rings. The van der Waals surface area contributed by atoms with Gasteiger partial charge in [0, 0.05) is 6.26 Å². The second-order valence-electron chi connectivity index (χ2n) is 5.50. The zero-order chi connectivity index (χ0) is 12.9. The van der Waals surface area contributed by atoms with E-state index in [2.05, 4.69) is 6.92 Å². The summed E-state index contributed by atoms with van der Waals surface area (Å²) in [5.41, 5.74) is 0.